The number of anilines is 2. The van der Waals surface area contributed by atoms with Crippen LogP contribution in [0.25, 0.3) is 0 Å². The summed E-state index contributed by atoms with van der Waals surface area (Å²) < 4.78 is 5.34. The van der Waals surface area contributed by atoms with E-state index in [2.05, 4.69) is 22.3 Å². The number of ether oxygens (including phenoxy) is 1. The smallest absolute Gasteiger partial charge is 0.407 e. The second-order valence-corrected chi connectivity index (χ2v) is 12.1. The maximum absolute atomic E-state index is 13.5. The van der Waals surface area contributed by atoms with Crippen LogP contribution in [0.3, 0.4) is 0 Å². The van der Waals surface area contributed by atoms with Crippen molar-refractivity contribution in [2.75, 3.05) is 29.4 Å². The first-order chi connectivity index (χ1) is 18.1. The van der Waals surface area contributed by atoms with Crippen molar-refractivity contribution >= 4 is 23.5 Å². The van der Waals surface area contributed by atoms with E-state index in [9.17, 15) is 9.59 Å². The predicted octanol–water partition coefficient (Wildman–Crippen LogP) is 6.54. The van der Waals surface area contributed by atoms with E-state index >= 15 is 0 Å². The Morgan fingerprint density at radius 2 is 1.76 bits per heavy atom. The molecule has 0 spiro atoms. The largest absolute Gasteiger partial charge is 0.444 e. The van der Waals surface area contributed by atoms with Gasteiger partial charge in [0.25, 0.3) is 5.91 Å². The lowest BCUT2D eigenvalue weighted by molar-refractivity contribution is 0.0520. The number of carbonyl (C=O) groups excluding carboxylic acids is 2. The first kappa shape index (κ1) is 27.9. The highest BCUT2D eigenvalue weighted by Gasteiger charge is 2.26. The average Bonchev–Trinajstić information content (AvgIpc) is 3.37. The van der Waals surface area contributed by atoms with Gasteiger partial charge in [-0.15, -0.1) is 0 Å². The Bertz CT molecular complexity index is 1070. The van der Waals surface area contributed by atoms with Gasteiger partial charge < -0.3 is 19.9 Å². The quantitative estimate of drug-likeness (QED) is 0.449. The van der Waals surface area contributed by atoms with E-state index in [0.717, 1.165) is 31.0 Å². The van der Waals surface area contributed by atoms with Gasteiger partial charge in [0.1, 0.15) is 11.4 Å². The molecule has 2 fully saturated rings. The summed E-state index contributed by atoms with van der Waals surface area (Å²) in [7, 11) is 0. The first-order valence-corrected chi connectivity index (χ1v) is 14.2. The van der Waals surface area contributed by atoms with Gasteiger partial charge in [0.2, 0.25) is 0 Å². The summed E-state index contributed by atoms with van der Waals surface area (Å²) in [4.78, 5) is 34.3. The molecular weight excluding hydrogens is 476 g/mol. The average molecular weight is 521 g/mol. The predicted molar refractivity (Wildman–Crippen MR) is 153 cm³/mol. The lowest BCUT2D eigenvalue weighted by atomic mass is 9.84. The Hall–Kier alpha value is -3.09. The van der Waals surface area contributed by atoms with Crippen LogP contribution in [0, 0.1) is 5.92 Å². The van der Waals surface area contributed by atoms with Crippen molar-refractivity contribution < 1.29 is 14.3 Å². The fourth-order valence-electron chi connectivity index (χ4n) is 5.58. The van der Waals surface area contributed by atoms with Gasteiger partial charge >= 0.3 is 6.09 Å². The van der Waals surface area contributed by atoms with E-state index in [-0.39, 0.29) is 18.0 Å². The number of pyridine rings is 1. The number of rotatable bonds is 7. The molecule has 206 valence electrons. The van der Waals surface area contributed by atoms with Crippen LogP contribution in [0.15, 0.2) is 42.6 Å². The van der Waals surface area contributed by atoms with Gasteiger partial charge in [-0.05, 0) is 95.5 Å². The van der Waals surface area contributed by atoms with E-state index in [1.807, 2.05) is 63.8 Å². The van der Waals surface area contributed by atoms with Crippen molar-refractivity contribution in [3.8, 4) is 0 Å². The molecule has 1 aliphatic heterocycles. The number of aromatic nitrogens is 1. The molecule has 4 rings (SSSR count). The molecule has 1 atom stereocenters. The van der Waals surface area contributed by atoms with E-state index in [4.69, 9.17) is 9.72 Å². The van der Waals surface area contributed by atoms with E-state index in [1.165, 1.54) is 37.7 Å². The van der Waals surface area contributed by atoms with E-state index in [0.29, 0.717) is 23.9 Å². The Morgan fingerprint density at radius 1 is 1.05 bits per heavy atom. The van der Waals surface area contributed by atoms with Crippen LogP contribution in [-0.2, 0) is 4.74 Å². The number of alkyl carbamates (subject to hydrolysis) is 1. The molecule has 0 radical (unpaired) electrons. The Labute approximate surface area is 228 Å². The molecule has 0 bridgehead atoms. The number of nitrogens with one attached hydrogen (secondary N) is 1. The molecule has 2 amide bonds. The number of hydrogen-bond donors (Lipinski definition) is 1. The van der Waals surface area contributed by atoms with Gasteiger partial charge in [0, 0.05) is 31.2 Å². The van der Waals surface area contributed by atoms with E-state index < -0.39 is 5.60 Å². The van der Waals surface area contributed by atoms with Crippen LogP contribution in [0.5, 0.6) is 0 Å². The minimum absolute atomic E-state index is 0.000743. The normalized spacial score (nSPS) is 18.5. The third-order valence-corrected chi connectivity index (χ3v) is 7.52. The molecular formula is C31H44N4O3. The molecule has 1 unspecified atom stereocenters. The van der Waals surface area contributed by atoms with Gasteiger partial charge in [-0.3, -0.25) is 4.79 Å². The molecule has 2 aliphatic rings. The van der Waals surface area contributed by atoms with Crippen molar-refractivity contribution in [1.29, 1.82) is 0 Å². The van der Waals surface area contributed by atoms with Crippen LogP contribution in [0.2, 0.25) is 0 Å². The van der Waals surface area contributed by atoms with Crippen molar-refractivity contribution in [3.05, 3.63) is 53.7 Å². The van der Waals surface area contributed by atoms with Crippen molar-refractivity contribution in [1.82, 2.24) is 10.3 Å². The number of hydrogen-bond acceptors (Lipinski definition) is 5. The lowest BCUT2D eigenvalue weighted by Gasteiger charge is -2.28. The third-order valence-electron chi connectivity index (χ3n) is 7.52. The number of amides is 2. The van der Waals surface area contributed by atoms with Gasteiger partial charge in [-0.1, -0.05) is 31.4 Å². The molecule has 1 saturated carbocycles. The SMILES string of the molecule is CC(C)N(C(=O)c1ccc(C2CCCCC2)cc1)c1ccc(N2CCC(CNC(=O)OC(C)(C)C)C2)nc1. The maximum atomic E-state index is 13.5. The van der Waals surface area contributed by atoms with Gasteiger partial charge in [0.05, 0.1) is 11.9 Å². The summed E-state index contributed by atoms with van der Waals surface area (Å²) in [6.07, 6.45) is 8.85. The fourth-order valence-corrected chi connectivity index (χ4v) is 5.58. The van der Waals surface area contributed by atoms with Crippen LogP contribution < -0.4 is 15.1 Å². The zero-order valence-electron chi connectivity index (χ0n) is 23.7. The molecule has 1 aromatic carbocycles. The molecule has 2 aromatic rings. The number of nitrogens with zero attached hydrogens (tertiary/aromatic N) is 3. The highest BCUT2D eigenvalue weighted by Crippen LogP contribution is 2.33. The number of benzene rings is 1. The monoisotopic (exact) mass is 520 g/mol. The minimum Gasteiger partial charge on any atom is -0.444 e. The third kappa shape index (κ3) is 7.27. The summed E-state index contributed by atoms with van der Waals surface area (Å²) >= 11 is 0. The van der Waals surface area contributed by atoms with Gasteiger partial charge in [-0.25, -0.2) is 9.78 Å². The zero-order chi connectivity index (χ0) is 27.3. The Kier molecular flexibility index (Phi) is 8.95. The molecule has 1 saturated heterocycles. The van der Waals surface area contributed by atoms with Crippen molar-refractivity contribution in [3.63, 3.8) is 0 Å². The fraction of sp³-hybridized carbons (Fsp3) is 0.581. The van der Waals surface area contributed by atoms with Crippen LogP contribution in [0.4, 0.5) is 16.3 Å². The summed E-state index contributed by atoms with van der Waals surface area (Å²) in [6.45, 7) is 11.9. The van der Waals surface area contributed by atoms with Crippen molar-refractivity contribution in [2.24, 2.45) is 5.92 Å². The highest BCUT2D eigenvalue weighted by atomic mass is 16.6. The summed E-state index contributed by atoms with van der Waals surface area (Å²) in [5.74, 6) is 1.86. The second kappa shape index (κ2) is 12.2. The molecule has 7 nitrogen and oxygen atoms in total. The Morgan fingerprint density at radius 3 is 2.37 bits per heavy atom. The van der Waals surface area contributed by atoms with Crippen molar-refractivity contribution in [2.45, 2.75) is 90.7 Å². The maximum Gasteiger partial charge on any atom is 0.407 e. The molecule has 1 aromatic heterocycles. The van der Waals surface area contributed by atoms with Crippen LogP contribution in [0.1, 0.15) is 95.0 Å². The topological polar surface area (TPSA) is 74.8 Å². The summed E-state index contributed by atoms with van der Waals surface area (Å²) in [6, 6.07) is 12.2. The van der Waals surface area contributed by atoms with Crippen LogP contribution in [-0.4, -0.2) is 48.3 Å². The van der Waals surface area contributed by atoms with E-state index in [1.54, 1.807) is 6.20 Å². The molecule has 38 heavy (non-hydrogen) atoms. The number of carbonyl (C=O) groups is 2. The lowest BCUT2D eigenvalue weighted by Crippen LogP contribution is -2.37. The van der Waals surface area contributed by atoms with Gasteiger partial charge in [0.15, 0.2) is 0 Å². The standard InChI is InChI=1S/C31H44N4O3/c1-22(2)35(29(36)26-13-11-25(12-14-26)24-9-7-6-8-10-24)27-15-16-28(32-20-27)34-18-17-23(21-34)19-33-30(37)38-31(3,4)5/h11-16,20,22-24H,6-10,17-19,21H2,1-5H3,(H,33,37). The summed E-state index contributed by atoms with van der Waals surface area (Å²) in [5.41, 5.74) is 2.37. The van der Waals surface area contributed by atoms with Gasteiger partial charge in [-0.2, -0.15) is 0 Å². The molecule has 2 heterocycles. The van der Waals surface area contributed by atoms with Crippen LogP contribution >= 0.6 is 0 Å². The second-order valence-electron chi connectivity index (χ2n) is 12.1. The molecule has 1 aliphatic carbocycles. The zero-order valence-corrected chi connectivity index (χ0v) is 23.7. The first-order valence-electron chi connectivity index (χ1n) is 14.2. The summed E-state index contributed by atoms with van der Waals surface area (Å²) in [5, 5.41) is 2.89. The highest BCUT2D eigenvalue weighted by molar-refractivity contribution is 6.06. The molecule has 7 heteroatoms. The molecule has 1 N–H and O–H groups in total. The Balaban J connectivity index is 1.36. The minimum atomic E-state index is -0.499.